The molecule has 0 radical (unpaired) electrons. The van der Waals surface area contributed by atoms with Crippen LogP contribution in [-0.2, 0) is 44.4 Å². The van der Waals surface area contributed by atoms with Gasteiger partial charge in [0, 0.05) is 6.08 Å². The predicted octanol–water partition coefficient (Wildman–Crippen LogP) is -2.97. The van der Waals surface area contributed by atoms with Crippen molar-refractivity contribution >= 4 is 12.0 Å². The summed E-state index contributed by atoms with van der Waals surface area (Å²) in [5, 5.41) is 104. The van der Waals surface area contributed by atoms with Gasteiger partial charge in [0.25, 0.3) is 0 Å². The van der Waals surface area contributed by atoms with Crippen molar-refractivity contribution in [3.63, 3.8) is 0 Å². The molecule has 0 amide bonds. The molecule has 3 saturated heterocycles. The predicted molar refractivity (Wildman–Crippen MR) is 185 cm³/mol. The molecular weight excluding hydrogens is 752 g/mol. The van der Waals surface area contributed by atoms with Crippen LogP contribution in [0.4, 0.5) is 0 Å². The summed E-state index contributed by atoms with van der Waals surface area (Å²) in [6.07, 6.45) is -21.4. The first kappa shape index (κ1) is 43.4. The maximum Gasteiger partial charge on any atom is 0.331 e. The number of carbonyl (C=O) groups excluding carboxylic acids is 1. The summed E-state index contributed by atoms with van der Waals surface area (Å²) in [6, 6.07) is 8.89. The maximum absolute atomic E-state index is 13.4. The average Bonchev–Trinajstić information content (AvgIpc) is 3.19. The molecule has 0 spiro atoms. The van der Waals surface area contributed by atoms with Gasteiger partial charge in [-0.05, 0) is 47.9 Å². The van der Waals surface area contributed by atoms with Crippen LogP contribution in [0.3, 0.4) is 0 Å². The van der Waals surface area contributed by atoms with Gasteiger partial charge in [0.15, 0.2) is 48.0 Å². The van der Waals surface area contributed by atoms with Gasteiger partial charge in [-0.1, -0.05) is 12.1 Å². The zero-order chi connectivity index (χ0) is 40.7. The molecule has 3 aliphatic heterocycles. The van der Waals surface area contributed by atoms with Crippen molar-refractivity contribution in [3.8, 4) is 23.0 Å². The van der Waals surface area contributed by atoms with Crippen molar-refractivity contribution in [2.75, 3.05) is 40.6 Å². The van der Waals surface area contributed by atoms with Crippen LogP contribution in [0, 0.1) is 0 Å². The van der Waals surface area contributed by atoms with E-state index >= 15 is 0 Å². The van der Waals surface area contributed by atoms with Gasteiger partial charge >= 0.3 is 5.97 Å². The van der Waals surface area contributed by atoms with Crippen molar-refractivity contribution in [3.05, 3.63) is 53.6 Å². The van der Waals surface area contributed by atoms with Gasteiger partial charge in [0.05, 0.1) is 40.6 Å². The lowest BCUT2D eigenvalue weighted by molar-refractivity contribution is -0.386. The fourth-order valence-corrected chi connectivity index (χ4v) is 6.31. The number of aliphatic hydroxyl groups is 8. The Balaban J connectivity index is 1.49. The van der Waals surface area contributed by atoms with Crippen LogP contribution in [0.5, 0.6) is 23.0 Å². The number of aromatic hydroxyl groups is 2. The van der Waals surface area contributed by atoms with Crippen molar-refractivity contribution in [2.24, 2.45) is 0 Å². The first-order valence-corrected chi connectivity index (χ1v) is 17.6. The Bertz CT molecular complexity index is 1610. The van der Waals surface area contributed by atoms with E-state index in [9.17, 15) is 55.9 Å². The first-order valence-electron chi connectivity index (χ1n) is 17.6. The van der Waals surface area contributed by atoms with Gasteiger partial charge in [-0.25, -0.2) is 4.79 Å². The molecule has 0 aliphatic carbocycles. The molecule has 20 heteroatoms. The quantitative estimate of drug-likeness (QED) is 0.0635. The van der Waals surface area contributed by atoms with E-state index in [0.29, 0.717) is 11.1 Å². The van der Waals surface area contributed by atoms with E-state index in [0.717, 1.165) is 6.08 Å². The zero-order valence-electron chi connectivity index (χ0n) is 30.3. The Morgan fingerprint density at radius 1 is 0.732 bits per heavy atom. The highest BCUT2D eigenvalue weighted by atomic mass is 16.8. The fraction of sp³-hybridized carbons (Fsp3) is 0.583. The van der Waals surface area contributed by atoms with Gasteiger partial charge in [-0.2, -0.15) is 0 Å². The summed E-state index contributed by atoms with van der Waals surface area (Å²) in [5.74, 6) is -0.967. The van der Waals surface area contributed by atoms with Crippen LogP contribution in [0.2, 0.25) is 0 Å². The molecule has 56 heavy (non-hydrogen) atoms. The van der Waals surface area contributed by atoms with Crippen molar-refractivity contribution < 1.29 is 98.5 Å². The normalized spacial score (nSPS) is 35.0. The largest absolute Gasteiger partial charge is 0.504 e. The maximum atomic E-state index is 13.4. The van der Waals surface area contributed by atoms with Crippen molar-refractivity contribution in [2.45, 2.75) is 92.4 Å². The van der Waals surface area contributed by atoms with Gasteiger partial charge in [0.2, 0.25) is 0 Å². The highest BCUT2D eigenvalue weighted by Crippen LogP contribution is 2.35. The number of benzene rings is 2. The average molecular weight is 801 g/mol. The first-order chi connectivity index (χ1) is 26.8. The number of phenols is 2. The van der Waals surface area contributed by atoms with E-state index in [4.69, 9.17) is 42.6 Å². The Morgan fingerprint density at radius 3 is 2.09 bits per heavy atom. The molecule has 20 nitrogen and oxygen atoms in total. The molecule has 312 valence electrons. The molecule has 0 bridgehead atoms. The van der Waals surface area contributed by atoms with Crippen LogP contribution in [0.15, 0.2) is 42.5 Å². The standard InChI is InChI=1S/C36H48O20/c1-48-21-7-4-17(11-19(21)40)9-10-50-36-33(56-34-29(46)26(43)20(41)15-51-34)32(55-35-30(47)28(45)27(44)23(13-37)52-35)31(24(14-38)53-36)54-25(42)8-5-16-3-6-18(39)22(12-16)49-2/h3-8,11-12,20,23-24,26-41,43-47H,9-10,13-15H2,1-2H3/b8-5+/t20-,23+,24+,26-,27+,28-,29+,30+,31+,32-,33+,34-,35-,36+/m0/s1. The van der Waals surface area contributed by atoms with Gasteiger partial charge < -0.3 is 93.7 Å². The third kappa shape index (κ3) is 10.0. The molecule has 3 aliphatic rings. The molecule has 2 aromatic rings. The third-order valence-corrected chi connectivity index (χ3v) is 9.44. The second-order valence-electron chi connectivity index (χ2n) is 13.2. The summed E-state index contributed by atoms with van der Waals surface area (Å²) in [5.41, 5.74) is 1.01. The SMILES string of the molecule is COc1ccc(CCO[C@@H]2O[C@H](CO)[C@@H](OC(=O)/C=C/c3ccc(O)c(OC)c3)[C@H](O[C@@H]3O[C@H](CO)[C@@H](O)[C@H](O)[C@H]3O)[C@H]2O[C@@H]2OC[C@H](O)[C@H](O)[C@H]2O)cc1O. The molecule has 2 aromatic carbocycles. The van der Waals surface area contributed by atoms with Crippen LogP contribution in [0.1, 0.15) is 11.1 Å². The number of hydrogen-bond donors (Lipinski definition) is 10. The number of hydrogen-bond acceptors (Lipinski definition) is 20. The van der Waals surface area contributed by atoms with E-state index in [1.807, 2.05) is 0 Å². The van der Waals surface area contributed by atoms with Crippen LogP contribution >= 0.6 is 0 Å². The van der Waals surface area contributed by atoms with E-state index in [1.54, 1.807) is 6.07 Å². The summed E-state index contributed by atoms with van der Waals surface area (Å²) >= 11 is 0. The van der Waals surface area contributed by atoms with Crippen molar-refractivity contribution in [1.82, 2.24) is 0 Å². The highest BCUT2D eigenvalue weighted by molar-refractivity contribution is 5.87. The van der Waals surface area contributed by atoms with Gasteiger partial charge in [0.1, 0.15) is 61.0 Å². The second kappa shape index (κ2) is 19.6. The van der Waals surface area contributed by atoms with Crippen molar-refractivity contribution in [1.29, 1.82) is 0 Å². The minimum absolute atomic E-state index is 0.120. The molecular formula is C36H48O20. The van der Waals surface area contributed by atoms with Crippen LogP contribution in [0.25, 0.3) is 6.08 Å². The lowest BCUT2D eigenvalue weighted by Gasteiger charge is -2.49. The van der Waals surface area contributed by atoms with E-state index < -0.39 is 112 Å². The minimum Gasteiger partial charge on any atom is -0.504 e. The number of aliphatic hydroxyl groups excluding tert-OH is 8. The van der Waals surface area contributed by atoms with E-state index in [1.165, 1.54) is 50.6 Å². The Hall–Kier alpha value is -3.71. The van der Waals surface area contributed by atoms with Gasteiger partial charge in [-0.3, -0.25) is 0 Å². The molecule has 10 N–H and O–H groups in total. The lowest BCUT2D eigenvalue weighted by Crippen LogP contribution is -2.67. The smallest absolute Gasteiger partial charge is 0.331 e. The molecule has 3 fully saturated rings. The monoisotopic (exact) mass is 800 g/mol. The van der Waals surface area contributed by atoms with Crippen LogP contribution < -0.4 is 9.47 Å². The number of methoxy groups -OCH3 is 2. The number of phenolic OH excluding ortho intramolecular Hbond substituents is 2. The molecule has 5 rings (SSSR count). The highest BCUT2D eigenvalue weighted by Gasteiger charge is 2.55. The number of rotatable bonds is 15. The van der Waals surface area contributed by atoms with E-state index in [2.05, 4.69) is 0 Å². The lowest BCUT2D eigenvalue weighted by atomic mass is 9.96. The summed E-state index contributed by atoms with van der Waals surface area (Å²) < 4.78 is 51.3. The molecule has 0 aromatic heterocycles. The molecule has 0 unspecified atom stereocenters. The molecule has 3 heterocycles. The Kier molecular flexibility index (Phi) is 15.2. The fourth-order valence-electron chi connectivity index (χ4n) is 6.31. The van der Waals surface area contributed by atoms with E-state index in [-0.39, 0.29) is 36.0 Å². The summed E-state index contributed by atoms with van der Waals surface area (Å²) in [6.45, 7) is -2.30. The topological polar surface area (TPSA) is 302 Å². The minimum atomic E-state index is -1.97. The van der Waals surface area contributed by atoms with Gasteiger partial charge in [-0.15, -0.1) is 0 Å². The third-order valence-electron chi connectivity index (χ3n) is 9.44. The molecule has 14 atom stereocenters. The number of ether oxygens (including phenoxy) is 9. The number of esters is 1. The zero-order valence-corrected chi connectivity index (χ0v) is 30.3. The summed E-state index contributed by atoms with van der Waals surface area (Å²) in [4.78, 5) is 13.4. The Morgan fingerprint density at radius 2 is 1.41 bits per heavy atom. The Labute approximate surface area is 320 Å². The number of carbonyl (C=O) groups is 1. The second-order valence-corrected chi connectivity index (χ2v) is 13.2. The van der Waals surface area contributed by atoms with Crippen LogP contribution in [-0.4, -0.2) is 184 Å². The molecule has 0 saturated carbocycles. The summed E-state index contributed by atoms with van der Waals surface area (Å²) in [7, 11) is 2.73.